The molecule has 0 spiro atoms. The van der Waals surface area contributed by atoms with E-state index < -0.39 is 0 Å². The molecule has 0 aliphatic rings. The average molecular weight is 231 g/mol. The van der Waals surface area contributed by atoms with Gasteiger partial charge in [-0.3, -0.25) is 0 Å². The van der Waals surface area contributed by atoms with Crippen LogP contribution in [0.5, 0.6) is 5.75 Å². The third-order valence-electron chi connectivity index (χ3n) is 2.57. The zero-order chi connectivity index (χ0) is 11.9. The Balaban J connectivity index is 1.74. The first-order chi connectivity index (χ1) is 8.38. The summed E-state index contributed by atoms with van der Waals surface area (Å²) in [6.45, 7) is 2.71. The van der Waals surface area contributed by atoms with E-state index in [0.717, 1.165) is 25.4 Å². The highest BCUT2D eigenvalue weighted by molar-refractivity contribution is 5.28. The summed E-state index contributed by atoms with van der Waals surface area (Å²) in [6, 6.07) is 8.09. The third kappa shape index (κ3) is 3.60. The van der Waals surface area contributed by atoms with Gasteiger partial charge in [0, 0.05) is 32.0 Å². The second-order valence-electron chi connectivity index (χ2n) is 3.83. The molecule has 1 aromatic heterocycles. The molecule has 0 aliphatic carbocycles. The van der Waals surface area contributed by atoms with Gasteiger partial charge in [0.25, 0.3) is 0 Å². The molecule has 0 bridgehead atoms. The lowest BCUT2D eigenvalue weighted by atomic mass is 10.2. The maximum Gasteiger partial charge on any atom is 0.119 e. The Hall–Kier alpha value is -1.81. The maximum atomic E-state index is 5.18. The molecule has 17 heavy (non-hydrogen) atoms. The van der Waals surface area contributed by atoms with Crippen LogP contribution in [0.15, 0.2) is 43.0 Å². The van der Waals surface area contributed by atoms with Crippen molar-refractivity contribution in [3.8, 4) is 5.75 Å². The quantitative estimate of drug-likeness (QED) is 0.769. The number of imidazole rings is 1. The average Bonchev–Trinajstić information content (AvgIpc) is 2.88. The van der Waals surface area contributed by atoms with E-state index in [9.17, 15) is 0 Å². The van der Waals surface area contributed by atoms with E-state index in [1.165, 1.54) is 5.56 Å². The monoisotopic (exact) mass is 231 g/mol. The van der Waals surface area contributed by atoms with Gasteiger partial charge in [-0.2, -0.15) is 0 Å². The Morgan fingerprint density at radius 2 is 2.35 bits per heavy atom. The first kappa shape index (κ1) is 11.7. The minimum atomic E-state index is 0.853. The molecule has 0 aliphatic heterocycles. The Bertz CT molecular complexity index is 440. The van der Waals surface area contributed by atoms with Gasteiger partial charge in [0.05, 0.1) is 13.4 Å². The van der Waals surface area contributed by atoms with Gasteiger partial charge < -0.3 is 14.6 Å². The number of aromatic nitrogens is 2. The van der Waals surface area contributed by atoms with Crippen molar-refractivity contribution in [3.63, 3.8) is 0 Å². The largest absolute Gasteiger partial charge is 0.497 e. The molecule has 0 fully saturated rings. The molecule has 4 heteroatoms. The molecule has 1 N–H and O–H groups in total. The van der Waals surface area contributed by atoms with E-state index in [0.29, 0.717) is 0 Å². The summed E-state index contributed by atoms with van der Waals surface area (Å²) in [6.07, 6.45) is 5.59. The van der Waals surface area contributed by atoms with Gasteiger partial charge in [-0.15, -0.1) is 0 Å². The highest BCUT2D eigenvalue weighted by Crippen LogP contribution is 2.11. The fourth-order valence-electron chi connectivity index (χ4n) is 1.64. The van der Waals surface area contributed by atoms with E-state index >= 15 is 0 Å². The molecule has 1 heterocycles. The Labute approximate surface area is 101 Å². The number of benzene rings is 1. The summed E-state index contributed by atoms with van der Waals surface area (Å²) in [7, 11) is 1.69. The second-order valence-corrected chi connectivity index (χ2v) is 3.83. The standard InChI is InChI=1S/C13H17N3O/c1-17-13-4-2-3-12(9-13)10-14-5-7-16-8-6-15-11-16/h2-4,6,8-9,11,14H,5,7,10H2,1H3. The summed E-state index contributed by atoms with van der Waals surface area (Å²) in [5.41, 5.74) is 1.23. The predicted molar refractivity (Wildman–Crippen MR) is 66.9 cm³/mol. The van der Waals surface area contributed by atoms with Gasteiger partial charge in [-0.25, -0.2) is 4.98 Å². The van der Waals surface area contributed by atoms with Crippen LogP contribution >= 0.6 is 0 Å². The van der Waals surface area contributed by atoms with Crippen molar-refractivity contribution in [3.05, 3.63) is 48.5 Å². The third-order valence-corrected chi connectivity index (χ3v) is 2.57. The van der Waals surface area contributed by atoms with Gasteiger partial charge >= 0.3 is 0 Å². The van der Waals surface area contributed by atoms with Crippen molar-refractivity contribution in [2.45, 2.75) is 13.1 Å². The lowest BCUT2D eigenvalue weighted by Crippen LogP contribution is -2.18. The first-order valence-electron chi connectivity index (χ1n) is 5.68. The number of hydrogen-bond donors (Lipinski definition) is 1. The van der Waals surface area contributed by atoms with Crippen LogP contribution in [-0.4, -0.2) is 23.2 Å². The fraction of sp³-hybridized carbons (Fsp3) is 0.308. The predicted octanol–water partition coefficient (Wildman–Crippen LogP) is 1.68. The molecule has 0 saturated carbocycles. The van der Waals surface area contributed by atoms with Crippen LogP contribution < -0.4 is 10.1 Å². The molecular weight excluding hydrogens is 214 g/mol. The molecule has 4 nitrogen and oxygen atoms in total. The zero-order valence-corrected chi connectivity index (χ0v) is 9.97. The van der Waals surface area contributed by atoms with E-state index in [1.807, 2.05) is 30.7 Å². The number of nitrogens with one attached hydrogen (secondary N) is 1. The van der Waals surface area contributed by atoms with E-state index in [-0.39, 0.29) is 0 Å². The molecule has 0 atom stereocenters. The van der Waals surface area contributed by atoms with Crippen molar-refractivity contribution in [2.75, 3.05) is 13.7 Å². The minimum absolute atomic E-state index is 0.853. The van der Waals surface area contributed by atoms with Crippen molar-refractivity contribution in [1.82, 2.24) is 14.9 Å². The highest BCUT2D eigenvalue weighted by atomic mass is 16.5. The number of ether oxygens (including phenoxy) is 1. The van der Waals surface area contributed by atoms with Crippen LogP contribution in [0.3, 0.4) is 0 Å². The number of methoxy groups -OCH3 is 1. The van der Waals surface area contributed by atoms with E-state index in [1.54, 1.807) is 13.3 Å². The molecule has 0 saturated heterocycles. The van der Waals surface area contributed by atoms with E-state index in [2.05, 4.69) is 20.9 Å². The molecule has 2 aromatic rings. The lowest BCUT2D eigenvalue weighted by molar-refractivity contribution is 0.414. The number of hydrogen-bond acceptors (Lipinski definition) is 3. The van der Waals surface area contributed by atoms with Gasteiger partial charge in [0.2, 0.25) is 0 Å². The molecule has 0 amide bonds. The van der Waals surface area contributed by atoms with Gasteiger partial charge in [0.1, 0.15) is 5.75 Å². The van der Waals surface area contributed by atoms with Gasteiger partial charge in [0.15, 0.2) is 0 Å². The fourth-order valence-corrected chi connectivity index (χ4v) is 1.64. The van der Waals surface area contributed by atoms with Crippen molar-refractivity contribution >= 4 is 0 Å². The van der Waals surface area contributed by atoms with Gasteiger partial charge in [-0.05, 0) is 17.7 Å². The van der Waals surface area contributed by atoms with Crippen LogP contribution in [0, 0.1) is 0 Å². The van der Waals surface area contributed by atoms with Crippen molar-refractivity contribution < 1.29 is 4.74 Å². The Morgan fingerprint density at radius 1 is 1.41 bits per heavy atom. The van der Waals surface area contributed by atoms with Crippen LogP contribution in [-0.2, 0) is 13.1 Å². The summed E-state index contributed by atoms with van der Waals surface area (Å²) >= 11 is 0. The van der Waals surface area contributed by atoms with Gasteiger partial charge in [-0.1, -0.05) is 12.1 Å². The second kappa shape index (κ2) is 6.06. The Morgan fingerprint density at radius 3 is 3.12 bits per heavy atom. The molecule has 90 valence electrons. The summed E-state index contributed by atoms with van der Waals surface area (Å²) in [4.78, 5) is 4.00. The topological polar surface area (TPSA) is 39.1 Å². The summed E-state index contributed by atoms with van der Waals surface area (Å²) in [5.74, 6) is 0.902. The van der Waals surface area contributed by atoms with Crippen LogP contribution in [0.4, 0.5) is 0 Å². The number of rotatable bonds is 6. The molecule has 1 aromatic carbocycles. The Kier molecular flexibility index (Phi) is 4.16. The molecule has 0 unspecified atom stereocenters. The van der Waals surface area contributed by atoms with E-state index in [4.69, 9.17) is 4.74 Å². The molecule has 0 radical (unpaired) electrons. The minimum Gasteiger partial charge on any atom is -0.497 e. The molecule has 2 rings (SSSR count). The number of nitrogens with zero attached hydrogens (tertiary/aromatic N) is 2. The zero-order valence-electron chi connectivity index (χ0n) is 9.97. The summed E-state index contributed by atoms with van der Waals surface area (Å²) < 4.78 is 7.23. The highest BCUT2D eigenvalue weighted by Gasteiger charge is 1.95. The SMILES string of the molecule is COc1cccc(CNCCn2ccnc2)c1. The summed E-state index contributed by atoms with van der Waals surface area (Å²) in [5, 5.41) is 3.39. The first-order valence-corrected chi connectivity index (χ1v) is 5.68. The lowest BCUT2D eigenvalue weighted by Gasteiger charge is -2.07. The maximum absolute atomic E-state index is 5.18. The van der Waals surface area contributed by atoms with Crippen LogP contribution in [0.1, 0.15) is 5.56 Å². The normalized spacial score (nSPS) is 10.4. The van der Waals surface area contributed by atoms with Crippen LogP contribution in [0.25, 0.3) is 0 Å². The molecular formula is C13H17N3O. The van der Waals surface area contributed by atoms with Crippen molar-refractivity contribution in [1.29, 1.82) is 0 Å². The smallest absolute Gasteiger partial charge is 0.119 e. The van der Waals surface area contributed by atoms with Crippen LogP contribution in [0.2, 0.25) is 0 Å². The van der Waals surface area contributed by atoms with Crippen molar-refractivity contribution in [2.24, 2.45) is 0 Å².